The number of carboxylic acid groups (broad SMARTS) is 1. The average Bonchev–Trinajstić information content (AvgIpc) is 2.56. The van der Waals surface area contributed by atoms with Crippen molar-refractivity contribution in [3.8, 4) is 11.1 Å². The van der Waals surface area contributed by atoms with Crippen molar-refractivity contribution in [2.24, 2.45) is 5.41 Å². The van der Waals surface area contributed by atoms with E-state index in [2.05, 4.69) is 15.6 Å². The Kier molecular flexibility index (Phi) is 4.70. The van der Waals surface area contributed by atoms with Gasteiger partial charge in [0.15, 0.2) is 0 Å². The number of anilines is 1. The molecule has 0 unspecified atom stereocenters. The van der Waals surface area contributed by atoms with Gasteiger partial charge in [0.25, 0.3) is 0 Å². The fourth-order valence-corrected chi connectivity index (χ4v) is 2.96. The molecule has 25 heavy (non-hydrogen) atoms. The molecule has 6 nitrogen and oxygen atoms in total. The van der Waals surface area contributed by atoms with E-state index >= 15 is 0 Å². The number of aryl methyl sites for hydroxylation is 1. The number of aliphatic carboxylic acids is 1. The van der Waals surface area contributed by atoms with Crippen LogP contribution in [0.25, 0.3) is 11.1 Å². The lowest BCUT2D eigenvalue weighted by molar-refractivity contribution is -0.153. The smallest absolute Gasteiger partial charge is 0.319 e. The molecule has 130 valence electrons. The Hall–Kier alpha value is -2.89. The Morgan fingerprint density at radius 3 is 2.64 bits per heavy atom. The van der Waals surface area contributed by atoms with E-state index in [4.69, 9.17) is 0 Å². The molecule has 1 heterocycles. The summed E-state index contributed by atoms with van der Waals surface area (Å²) in [4.78, 5) is 27.7. The summed E-state index contributed by atoms with van der Waals surface area (Å²) >= 11 is 0. The van der Waals surface area contributed by atoms with Crippen LogP contribution >= 0.6 is 0 Å². The normalized spacial score (nSPS) is 15.1. The zero-order chi connectivity index (χ0) is 17.9. The zero-order valence-electron chi connectivity index (χ0n) is 14.1. The van der Waals surface area contributed by atoms with E-state index in [1.807, 2.05) is 37.3 Å². The molecule has 0 saturated heterocycles. The van der Waals surface area contributed by atoms with Gasteiger partial charge in [-0.3, -0.25) is 9.78 Å². The SMILES string of the molecule is Cc1ccc(-c2cccnc2)cc1NC(=O)NCC1(C(=O)O)CCC1. The minimum Gasteiger partial charge on any atom is -0.481 e. The first-order chi connectivity index (χ1) is 12.0. The maximum Gasteiger partial charge on any atom is 0.319 e. The van der Waals surface area contributed by atoms with Gasteiger partial charge in [-0.05, 0) is 43.0 Å². The van der Waals surface area contributed by atoms with Crippen LogP contribution in [0.1, 0.15) is 24.8 Å². The Balaban J connectivity index is 1.68. The van der Waals surface area contributed by atoms with Crippen LogP contribution in [0.3, 0.4) is 0 Å². The molecule has 2 aromatic rings. The fourth-order valence-electron chi connectivity index (χ4n) is 2.96. The number of carboxylic acids is 1. The first-order valence-corrected chi connectivity index (χ1v) is 8.29. The standard InChI is InChI=1S/C19H21N3O3/c1-13-5-6-14(15-4-2-9-20-11-15)10-16(13)22-18(25)21-12-19(17(23)24)7-3-8-19/h2,4-6,9-11H,3,7-8,12H2,1H3,(H,23,24)(H2,21,22,25). The number of aromatic nitrogens is 1. The number of hydrogen-bond acceptors (Lipinski definition) is 3. The summed E-state index contributed by atoms with van der Waals surface area (Å²) < 4.78 is 0. The molecule has 2 amide bonds. The van der Waals surface area contributed by atoms with E-state index in [0.717, 1.165) is 23.1 Å². The Bertz CT molecular complexity index is 786. The quantitative estimate of drug-likeness (QED) is 0.778. The number of benzene rings is 1. The molecule has 0 bridgehead atoms. The highest BCUT2D eigenvalue weighted by atomic mass is 16.4. The number of carbonyl (C=O) groups is 2. The fraction of sp³-hybridized carbons (Fsp3) is 0.316. The van der Waals surface area contributed by atoms with Crippen LogP contribution in [-0.2, 0) is 4.79 Å². The zero-order valence-corrected chi connectivity index (χ0v) is 14.1. The van der Waals surface area contributed by atoms with Gasteiger partial charge >= 0.3 is 12.0 Å². The van der Waals surface area contributed by atoms with Crippen molar-refractivity contribution in [2.45, 2.75) is 26.2 Å². The monoisotopic (exact) mass is 339 g/mol. The highest BCUT2D eigenvalue weighted by Gasteiger charge is 2.44. The van der Waals surface area contributed by atoms with Crippen LogP contribution in [0.15, 0.2) is 42.7 Å². The van der Waals surface area contributed by atoms with Crippen molar-refractivity contribution in [3.63, 3.8) is 0 Å². The predicted molar refractivity (Wildman–Crippen MR) is 95.4 cm³/mol. The van der Waals surface area contributed by atoms with Gasteiger partial charge in [0, 0.05) is 30.2 Å². The summed E-state index contributed by atoms with van der Waals surface area (Å²) in [5.41, 5.74) is 2.74. The van der Waals surface area contributed by atoms with E-state index < -0.39 is 11.4 Å². The number of amides is 2. The molecule has 1 saturated carbocycles. The van der Waals surface area contributed by atoms with Gasteiger partial charge in [-0.2, -0.15) is 0 Å². The van der Waals surface area contributed by atoms with Gasteiger partial charge < -0.3 is 15.7 Å². The number of hydrogen-bond donors (Lipinski definition) is 3. The van der Waals surface area contributed by atoms with Crippen molar-refractivity contribution in [3.05, 3.63) is 48.3 Å². The van der Waals surface area contributed by atoms with E-state index in [-0.39, 0.29) is 12.6 Å². The third-order valence-electron chi connectivity index (χ3n) is 4.83. The van der Waals surface area contributed by atoms with E-state index in [0.29, 0.717) is 18.5 Å². The highest BCUT2D eigenvalue weighted by molar-refractivity contribution is 5.91. The van der Waals surface area contributed by atoms with Gasteiger partial charge in [0.1, 0.15) is 0 Å². The van der Waals surface area contributed by atoms with Crippen molar-refractivity contribution in [2.75, 3.05) is 11.9 Å². The first kappa shape index (κ1) is 17.0. The van der Waals surface area contributed by atoms with E-state index in [9.17, 15) is 14.7 Å². The topological polar surface area (TPSA) is 91.3 Å². The maximum absolute atomic E-state index is 12.2. The Morgan fingerprint density at radius 1 is 1.24 bits per heavy atom. The predicted octanol–water partition coefficient (Wildman–Crippen LogP) is 3.43. The van der Waals surface area contributed by atoms with Crippen molar-refractivity contribution in [1.29, 1.82) is 0 Å². The second kappa shape index (κ2) is 6.93. The number of rotatable bonds is 5. The van der Waals surface area contributed by atoms with Crippen LogP contribution in [0, 0.1) is 12.3 Å². The van der Waals surface area contributed by atoms with Gasteiger partial charge in [0.05, 0.1) is 5.41 Å². The van der Waals surface area contributed by atoms with Crippen LogP contribution in [0.5, 0.6) is 0 Å². The molecule has 1 aliphatic carbocycles. The molecule has 3 N–H and O–H groups in total. The third kappa shape index (κ3) is 3.63. The molecular weight excluding hydrogens is 318 g/mol. The third-order valence-corrected chi connectivity index (χ3v) is 4.83. The molecule has 0 aliphatic heterocycles. The van der Waals surface area contributed by atoms with Gasteiger partial charge in [-0.15, -0.1) is 0 Å². The van der Waals surface area contributed by atoms with E-state index in [1.165, 1.54) is 0 Å². The van der Waals surface area contributed by atoms with Crippen molar-refractivity contribution < 1.29 is 14.7 Å². The van der Waals surface area contributed by atoms with E-state index in [1.54, 1.807) is 12.4 Å². The summed E-state index contributed by atoms with van der Waals surface area (Å²) in [5, 5.41) is 14.8. The van der Waals surface area contributed by atoms with Crippen LogP contribution in [0.4, 0.5) is 10.5 Å². The molecular formula is C19H21N3O3. The molecule has 0 atom stereocenters. The van der Waals surface area contributed by atoms with Crippen LogP contribution < -0.4 is 10.6 Å². The largest absolute Gasteiger partial charge is 0.481 e. The summed E-state index contributed by atoms with van der Waals surface area (Å²) in [6.07, 6.45) is 5.59. The second-order valence-corrected chi connectivity index (χ2v) is 6.52. The average molecular weight is 339 g/mol. The van der Waals surface area contributed by atoms with Gasteiger partial charge in [0.2, 0.25) is 0 Å². The molecule has 3 rings (SSSR count). The number of pyridine rings is 1. The summed E-state index contributed by atoms with van der Waals surface area (Å²) in [7, 11) is 0. The first-order valence-electron chi connectivity index (χ1n) is 8.29. The lowest BCUT2D eigenvalue weighted by Crippen LogP contribution is -2.48. The summed E-state index contributed by atoms with van der Waals surface area (Å²) in [6, 6.07) is 9.22. The lowest BCUT2D eigenvalue weighted by Gasteiger charge is -2.37. The number of carbonyl (C=O) groups excluding carboxylic acids is 1. The molecule has 0 spiro atoms. The van der Waals surface area contributed by atoms with Crippen molar-refractivity contribution in [1.82, 2.24) is 10.3 Å². The Labute approximate surface area is 146 Å². The molecule has 1 aromatic carbocycles. The minimum atomic E-state index is -0.839. The minimum absolute atomic E-state index is 0.148. The summed E-state index contributed by atoms with van der Waals surface area (Å²) in [6.45, 7) is 2.06. The molecule has 0 radical (unpaired) electrons. The van der Waals surface area contributed by atoms with Gasteiger partial charge in [-0.25, -0.2) is 4.79 Å². The lowest BCUT2D eigenvalue weighted by atomic mass is 9.69. The molecule has 1 aliphatic rings. The summed E-state index contributed by atoms with van der Waals surface area (Å²) in [5.74, 6) is -0.839. The highest BCUT2D eigenvalue weighted by Crippen LogP contribution is 2.40. The Morgan fingerprint density at radius 2 is 2.04 bits per heavy atom. The molecule has 1 fully saturated rings. The van der Waals surface area contributed by atoms with Gasteiger partial charge in [-0.1, -0.05) is 24.6 Å². The van der Waals surface area contributed by atoms with Crippen LogP contribution in [0.2, 0.25) is 0 Å². The van der Waals surface area contributed by atoms with Crippen molar-refractivity contribution >= 4 is 17.7 Å². The molecule has 1 aromatic heterocycles. The van der Waals surface area contributed by atoms with Crippen LogP contribution in [-0.4, -0.2) is 28.6 Å². The number of urea groups is 1. The maximum atomic E-state index is 12.2. The number of nitrogens with one attached hydrogen (secondary N) is 2. The second-order valence-electron chi connectivity index (χ2n) is 6.52. The molecule has 6 heteroatoms. The number of nitrogens with zero attached hydrogens (tertiary/aromatic N) is 1.